The third-order valence-corrected chi connectivity index (χ3v) is 4.86. The van der Waals surface area contributed by atoms with E-state index in [4.69, 9.17) is 11.6 Å². The van der Waals surface area contributed by atoms with Gasteiger partial charge in [-0.2, -0.15) is 0 Å². The number of nitrogens with zero attached hydrogens (tertiary/aromatic N) is 1. The Morgan fingerprint density at radius 2 is 2.16 bits per heavy atom. The summed E-state index contributed by atoms with van der Waals surface area (Å²) in [5, 5.41) is 3.36. The van der Waals surface area contributed by atoms with Gasteiger partial charge in [0.25, 0.3) is 5.91 Å². The lowest BCUT2D eigenvalue weighted by atomic mass is 10.2. The maximum absolute atomic E-state index is 12.1. The third kappa shape index (κ3) is 3.67. The molecular formula is C13H9BrClIN2O. The number of amides is 1. The lowest BCUT2D eigenvalue weighted by Gasteiger charge is -2.07. The lowest BCUT2D eigenvalue weighted by Crippen LogP contribution is -2.12. The molecule has 1 N–H and O–H groups in total. The van der Waals surface area contributed by atoms with E-state index in [0.29, 0.717) is 16.3 Å². The number of carbonyl (C=O) groups is 1. The van der Waals surface area contributed by atoms with E-state index in [0.717, 1.165) is 13.7 Å². The summed E-state index contributed by atoms with van der Waals surface area (Å²) in [4.78, 5) is 16.2. The maximum Gasteiger partial charge on any atom is 0.255 e. The van der Waals surface area contributed by atoms with Crippen LogP contribution in [0.2, 0.25) is 5.02 Å². The fourth-order valence-corrected chi connectivity index (χ4v) is 2.20. The molecule has 0 spiro atoms. The summed E-state index contributed by atoms with van der Waals surface area (Å²) in [6.07, 6.45) is 1.60. The highest BCUT2D eigenvalue weighted by Gasteiger charge is 2.09. The lowest BCUT2D eigenvalue weighted by molar-refractivity contribution is 0.102. The number of aryl methyl sites for hydroxylation is 1. The highest BCUT2D eigenvalue weighted by molar-refractivity contribution is 14.1. The molecule has 1 aromatic carbocycles. The van der Waals surface area contributed by atoms with Crippen LogP contribution in [0.3, 0.4) is 0 Å². The topological polar surface area (TPSA) is 42.0 Å². The van der Waals surface area contributed by atoms with Crippen molar-refractivity contribution in [2.75, 3.05) is 5.32 Å². The summed E-state index contributed by atoms with van der Waals surface area (Å²) < 4.78 is 1.68. The van der Waals surface area contributed by atoms with Crippen molar-refractivity contribution < 1.29 is 4.79 Å². The number of nitrogens with one attached hydrogen (secondary N) is 1. The molecule has 0 radical (unpaired) electrons. The SMILES string of the molecule is Cc1cc(NC(=O)c2ccc(I)c(Cl)c2)cnc1Br. The minimum Gasteiger partial charge on any atom is -0.321 e. The zero-order valence-electron chi connectivity index (χ0n) is 9.88. The van der Waals surface area contributed by atoms with Crippen molar-refractivity contribution in [3.63, 3.8) is 0 Å². The fraction of sp³-hybridized carbons (Fsp3) is 0.0769. The quantitative estimate of drug-likeness (QED) is 0.533. The fourth-order valence-electron chi connectivity index (χ4n) is 1.47. The number of carbonyl (C=O) groups excluding carboxylic acids is 1. The molecule has 0 unspecified atom stereocenters. The first-order valence-electron chi connectivity index (χ1n) is 5.36. The largest absolute Gasteiger partial charge is 0.321 e. The molecule has 1 aromatic heterocycles. The van der Waals surface area contributed by atoms with Gasteiger partial charge in [0.15, 0.2) is 0 Å². The number of anilines is 1. The van der Waals surface area contributed by atoms with Gasteiger partial charge in [-0.1, -0.05) is 11.6 Å². The minimum atomic E-state index is -0.207. The van der Waals surface area contributed by atoms with Crippen molar-refractivity contribution in [3.8, 4) is 0 Å². The van der Waals surface area contributed by atoms with Crippen LogP contribution in [0.25, 0.3) is 0 Å². The van der Waals surface area contributed by atoms with Gasteiger partial charge < -0.3 is 5.32 Å². The zero-order chi connectivity index (χ0) is 14.0. The van der Waals surface area contributed by atoms with Crippen molar-refractivity contribution >= 4 is 61.7 Å². The molecule has 0 saturated carbocycles. The van der Waals surface area contributed by atoms with Crippen LogP contribution in [0.5, 0.6) is 0 Å². The van der Waals surface area contributed by atoms with Crippen LogP contribution in [0.1, 0.15) is 15.9 Å². The smallest absolute Gasteiger partial charge is 0.255 e. The molecule has 1 heterocycles. The van der Waals surface area contributed by atoms with Gasteiger partial charge in [-0.15, -0.1) is 0 Å². The first-order chi connectivity index (χ1) is 8.97. The van der Waals surface area contributed by atoms with Gasteiger partial charge in [-0.3, -0.25) is 4.79 Å². The van der Waals surface area contributed by atoms with Crippen LogP contribution in [0.15, 0.2) is 35.1 Å². The third-order valence-electron chi connectivity index (χ3n) is 2.45. The van der Waals surface area contributed by atoms with Crippen LogP contribution >= 0.6 is 50.1 Å². The van der Waals surface area contributed by atoms with Crippen LogP contribution in [-0.2, 0) is 0 Å². The molecular weight excluding hydrogens is 442 g/mol. The molecule has 0 aliphatic rings. The van der Waals surface area contributed by atoms with Gasteiger partial charge in [0.1, 0.15) is 4.60 Å². The summed E-state index contributed by atoms with van der Waals surface area (Å²) in [5.74, 6) is -0.207. The van der Waals surface area contributed by atoms with Gasteiger partial charge in [-0.05, 0) is 75.3 Å². The Morgan fingerprint density at radius 1 is 1.42 bits per heavy atom. The Balaban J connectivity index is 2.20. The number of pyridine rings is 1. The van der Waals surface area contributed by atoms with Crippen LogP contribution in [0.4, 0.5) is 5.69 Å². The predicted molar refractivity (Wildman–Crippen MR) is 88.8 cm³/mol. The summed E-state index contributed by atoms with van der Waals surface area (Å²) in [6.45, 7) is 1.91. The molecule has 0 atom stereocenters. The first kappa shape index (κ1) is 14.7. The van der Waals surface area contributed by atoms with E-state index in [1.165, 1.54) is 0 Å². The Labute approximate surface area is 138 Å². The number of aromatic nitrogens is 1. The maximum atomic E-state index is 12.1. The van der Waals surface area contributed by atoms with Gasteiger partial charge >= 0.3 is 0 Å². The highest BCUT2D eigenvalue weighted by Crippen LogP contribution is 2.21. The molecule has 0 aliphatic heterocycles. The number of hydrogen-bond donors (Lipinski definition) is 1. The van der Waals surface area contributed by atoms with Crippen molar-refractivity contribution in [1.82, 2.24) is 4.98 Å². The van der Waals surface area contributed by atoms with Gasteiger partial charge in [-0.25, -0.2) is 4.98 Å². The molecule has 1 amide bonds. The van der Waals surface area contributed by atoms with Crippen molar-refractivity contribution in [2.24, 2.45) is 0 Å². The molecule has 19 heavy (non-hydrogen) atoms. The normalized spacial score (nSPS) is 10.3. The van der Waals surface area contributed by atoms with Crippen LogP contribution in [0, 0.1) is 10.5 Å². The minimum absolute atomic E-state index is 0.207. The van der Waals surface area contributed by atoms with E-state index in [-0.39, 0.29) is 5.91 Å². The second-order valence-corrected chi connectivity index (χ2v) is 6.24. The monoisotopic (exact) mass is 450 g/mol. The Kier molecular flexibility index (Phi) is 4.81. The van der Waals surface area contributed by atoms with E-state index in [2.05, 4.69) is 48.8 Å². The standard InChI is InChI=1S/C13H9BrClIN2O/c1-7-4-9(6-17-12(7)14)18-13(19)8-2-3-11(16)10(15)5-8/h2-6H,1H3,(H,18,19). The Hall–Kier alpha value is -0.660. The molecule has 0 bridgehead atoms. The summed E-state index contributed by atoms with van der Waals surface area (Å²) in [7, 11) is 0. The van der Waals surface area contributed by atoms with E-state index in [1.807, 2.05) is 19.1 Å². The van der Waals surface area contributed by atoms with Crippen LogP contribution < -0.4 is 5.32 Å². The number of halogens is 3. The van der Waals surface area contributed by atoms with Crippen molar-refractivity contribution in [3.05, 3.63) is 54.8 Å². The molecule has 3 nitrogen and oxygen atoms in total. The second-order valence-electron chi connectivity index (χ2n) is 3.91. The number of rotatable bonds is 2. The molecule has 0 aliphatic carbocycles. The Bertz CT molecular complexity index is 649. The van der Waals surface area contributed by atoms with E-state index >= 15 is 0 Å². The number of benzene rings is 1. The van der Waals surface area contributed by atoms with Gasteiger partial charge in [0.05, 0.1) is 16.9 Å². The zero-order valence-corrected chi connectivity index (χ0v) is 14.4. The molecule has 2 rings (SSSR count). The van der Waals surface area contributed by atoms with E-state index < -0.39 is 0 Å². The van der Waals surface area contributed by atoms with E-state index in [1.54, 1.807) is 18.3 Å². The second kappa shape index (κ2) is 6.19. The highest BCUT2D eigenvalue weighted by atomic mass is 127. The average molecular weight is 451 g/mol. The van der Waals surface area contributed by atoms with Gasteiger partial charge in [0, 0.05) is 9.13 Å². The van der Waals surface area contributed by atoms with Crippen molar-refractivity contribution in [1.29, 1.82) is 0 Å². The predicted octanol–water partition coefficient (Wildman–Crippen LogP) is 4.66. The molecule has 98 valence electrons. The molecule has 0 saturated heterocycles. The first-order valence-corrected chi connectivity index (χ1v) is 7.61. The molecule has 6 heteroatoms. The average Bonchev–Trinajstić information content (AvgIpc) is 2.37. The molecule has 2 aromatic rings. The summed E-state index contributed by atoms with van der Waals surface area (Å²) in [6, 6.07) is 7.05. The summed E-state index contributed by atoms with van der Waals surface area (Å²) in [5.41, 5.74) is 2.13. The van der Waals surface area contributed by atoms with Crippen molar-refractivity contribution in [2.45, 2.75) is 6.92 Å². The van der Waals surface area contributed by atoms with E-state index in [9.17, 15) is 4.79 Å². The van der Waals surface area contributed by atoms with Crippen LogP contribution in [-0.4, -0.2) is 10.9 Å². The van der Waals surface area contributed by atoms with Gasteiger partial charge in [0.2, 0.25) is 0 Å². The summed E-state index contributed by atoms with van der Waals surface area (Å²) >= 11 is 11.4. The Morgan fingerprint density at radius 3 is 2.79 bits per heavy atom. The molecule has 0 fully saturated rings. The number of hydrogen-bond acceptors (Lipinski definition) is 2.